The molecule has 2 rings (SSSR count). The fourth-order valence-corrected chi connectivity index (χ4v) is 1.78. The van der Waals surface area contributed by atoms with Gasteiger partial charge in [0.05, 0.1) is 17.9 Å². The van der Waals surface area contributed by atoms with Crippen molar-refractivity contribution in [2.45, 2.75) is 13.0 Å². The van der Waals surface area contributed by atoms with E-state index in [0.29, 0.717) is 11.8 Å². The van der Waals surface area contributed by atoms with Crippen molar-refractivity contribution in [1.29, 1.82) is 0 Å². The van der Waals surface area contributed by atoms with E-state index >= 15 is 0 Å². The maximum Gasteiger partial charge on any atom is 0.338 e. The molecule has 1 N–H and O–H groups in total. The number of hydrogen-bond donors (Lipinski definition) is 1. The third kappa shape index (κ3) is 4.15. The lowest BCUT2D eigenvalue weighted by Gasteiger charge is -2.11. The van der Waals surface area contributed by atoms with Crippen LogP contribution in [-0.2, 0) is 9.53 Å². The first-order chi connectivity index (χ1) is 10.5. The highest BCUT2D eigenvalue weighted by Gasteiger charge is 2.15. The van der Waals surface area contributed by atoms with Gasteiger partial charge in [0.15, 0.2) is 6.61 Å². The number of halogens is 2. The first-order valence-corrected chi connectivity index (χ1v) is 6.41. The molecule has 0 aliphatic carbocycles. The van der Waals surface area contributed by atoms with Crippen LogP contribution in [0.15, 0.2) is 41.0 Å². The van der Waals surface area contributed by atoms with Gasteiger partial charge in [0.1, 0.15) is 17.4 Å². The summed E-state index contributed by atoms with van der Waals surface area (Å²) < 4.78 is 35.8. The predicted molar refractivity (Wildman–Crippen MR) is 71.9 cm³/mol. The third-order valence-corrected chi connectivity index (χ3v) is 2.78. The molecule has 0 bridgehead atoms. The second-order valence-electron chi connectivity index (χ2n) is 4.54. The number of rotatable bonds is 5. The van der Waals surface area contributed by atoms with Crippen molar-refractivity contribution < 1.29 is 27.5 Å². The maximum absolute atomic E-state index is 13.0. The largest absolute Gasteiger partial charge is 0.467 e. The van der Waals surface area contributed by atoms with Crippen molar-refractivity contribution in [1.82, 2.24) is 5.32 Å². The van der Waals surface area contributed by atoms with Crippen LogP contribution in [0.4, 0.5) is 8.78 Å². The number of carbonyl (C=O) groups excluding carboxylic acids is 2. The molecule has 0 saturated heterocycles. The average molecular weight is 309 g/mol. The maximum atomic E-state index is 13.0. The minimum absolute atomic E-state index is 0.301. The molecule has 0 saturated carbocycles. The van der Waals surface area contributed by atoms with Gasteiger partial charge in [0.25, 0.3) is 5.91 Å². The Bertz CT molecular complexity index is 650. The van der Waals surface area contributed by atoms with Crippen molar-refractivity contribution in [3.63, 3.8) is 0 Å². The van der Waals surface area contributed by atoms with Gasteiger partial charge in [-0.2, -0.15) is 0 Å². The van der Waals surface area contributed by atoms with Gasteiger partial charge in [-0.1, -0.05) is 0 Å². The Morgan fingerprint density at radius 3 is 2.55 bits per heavy atom. The summed E-state index contributed by atoms with van der Waals surface area (Å²) in [4.78, 5) is 23.3. The molecule has 0 aliphatic heterocycles. The number of amides is 1. The summed E-state index contributed by atoms with van der Waals surface area (Å²) in [5, 5.41) is 2.55. The number of hydrogen-bond acceptors (Lipinski definition) is 4. The van der Waals surface area contributed by atoms with Crippen molar-refractivity contribution in [3.05, 3.63) is 59.6 Å². The normalized spacial score (nSPS) is 11.8. The van der Waals surface area contributed by atoms with Crippen molar-refractivity contribution >= 4 is 11.9 Å². The van der Waals surface area contributed by atoms with Crippen LogP contribution in [0.2, 0.25) is 0 Å². The molecule has 0 aliphatic rings. The molecule has 0 radical (unpaired) electrons. The van der Waals surface area contributed by atoms with Gasteiger partial charge in [0.2, 0.25) is 0 Å². The number of benzene rings is 1. The Morgan fingerprint density at radius 1 is 1.27 bits per heavy atom. The Hall–Kier alpha value is -2.70. The molecular formula is C15H13F2NO4. The number of nitrogens with one attached hydrogen (secondary N) is 1. The van der Waals surface area contributed by atoms with E-state index in [1.807, 2.05) is 0 Å². The van der Waals surface area contributed by atoms with Gasteiger partial charge in [-0.3, -0.25) is 4.79 Å². The zero-order valence-electron chi connectivity index (χ0n) is 11.6. The average Bonchev–Trinajstić information content (AvgIpc) is 2.98. The van der Waals surface area contributed by atoms with E-state index in [1.165, 1.54) is 6.26 Å². The highest BCUT2D eigenvalue weighted by molar-refractivity contribution is 5.91. The Kier molecular flexibility index (Phi) is 4.88. The highest BCUT2D eigenvalue weighted by atomic mass is 19.1. The monoisotopic (exact) mass is 309 g/mol. The van der Waals surface area contributed by atoms with Crippen LogP contribution in [-0.4, -0.2) is 18.5 Å². The lowest BCUT2D eigenvalue weighted by molar-refractivity contribution is -0.125. The van der Waals surface area contributed by atoms with Gasteiger partial charge in [-0.25, -0.2) is 13.6 Å². The molecule has 2 aromatic rings. The number of ether oxygens (including phenoxy) is 1. The SMILES string of the molecule is C[C@@H](NC(=O)COC(=O)c1cc(F)cc(F)c1)c1ccco1. The molecule has 0 spiro atoms. The Morgan fingerprint density at radius 2 is 1.95 bits per heavy atom. The van der Waals surface area contributed by atoms with Crippen molar-refractivity contribution in [2.75, 3.05) is 6.61 Å². The lowest BCUT2D eigenvalue weighted by atomic mass is 10.2. The molecular weight excluding hydrogens is 296 g/mol. The summed E-state index contributed by atoms with van der Waals surface area (Å²) in [7, 11) is 0. The van der Waals surface area contributed by atoms with Crippen LogP contribution in [0.1, 0.15) is 29.1 Å². The molecule has 116 valence electrons. The Balaban J connectivity index is 1.86. The second kappa shape index (κ2) is 6.84. The van der Waals surface area contributed by atoms with E-state index < -0.39 is 36.2 Å². The number of furan rings is 1. The molecule has 1 heterocycles. The van der Waals surface area contributed by atoms with Crippen molar-refractivity contribution in [3.8, 4) is 0 Å². The van der Waals surface area contributed by atoms with Gasteiger partial charge in [-0.15, -0.1) is 0 Å². The van der Waals surface area contributed by atoms with Gasteiger partial charge >= 0.3 is 5.97 Å². The summed E-state index contributed by atoms with van der Waals surface area (Å²) in [5.41, 5.74) is -0.301. The summed E-state index contributed by atoms with van der Waals surface area (Å²) in [5.74, 6) is -2.80. The summed E-state index contributed by atoms with van der Waals surface area (Å²) in [6.07, 6.45) is 1.47. The summed E-state index contributed by atoms with van der Waals surface area (Å²) in [6.45, 7) is 1.13. The standard InChI is InChI=1S/C15H13F2NO4/c1-9(13-3-2-4-21-13)18-14(19)8-22-15(20)10-5-11(16)7-12(17)6-10/h2-7,9H,8H2,1H3,(H,18,19)/t9-/m1/s1. The molecule has 1 amide bonds. The zero-order valence-corrected chi connectivity index (χ0v) is 11.6. The first-order valence-electron chi connectivity index (χ1n) is 6.41. The second-order valence-corrected chi connectivity index (χ2v) is 4.54. The lowest BCUT2D eigenvalue weighted by Crippen LogP contribution is -2.31. The number of esters is 1. The minimum atomic E-state index is -0.987. The van der Waals surface area contributed by atoms with E-state index in [9.17, 15) is 18.4 Å². The third-order valence-electron chi connectivity index (χ3n) is 2.78. The van der Waals surface area contributed by atoms with Crippen LogP contribution in [0, 0.1) is 11.6 Å². The van der Waals surface area contributed by atoms with E-state index in [1.54, 1.807) is 19.1 Å². The quantitative estimate of drug-likeness (QED) is 0.862. The molecule has 1 atom stereocenters. The van der Waals surface area contributed by atoms with Gasteiger partial charge < -0.3 is 14.5 Å². The summed E-state index contributed by atoms with van der Waals surface area (Å²) >= 11 is 0. The fraction of sp³-hybridized carbons (Fsp3) is 0.200. The van der Waals surface area contributed by atoms with Crippen molar-refractivity contribution in [2.24, 2.45) is 0 Å². The summed E-state index contributed by atoms with van der Waals surface area (Å²) in [6, 6.07) is 5.26. The van der Waals surface area contributed by atoms with E-state index in [-0.39, 0.29) is 5.56 Å². The molecule has 1 aromatic carbocycles. The Labute approximate surface area is 124 Å². The van der Waals surface area contributed by atoms with E-state index in [0.717, 1.165) is 12.1 Å². The smallest absolute Gasteiger partial charge is 0.338 e. The van der Waals surface area contributed by atoms with Gasteiger partial charge in [0, 0.05) is 6.07 Å². The zero-order chi connectivity index (χ0) is 16.1. The predicted octanol–water partition coefficient (Wildman–Crippen LogP) is 2.59. The molecule has 0 fully saturated rings. The van der Waals surface area contributed by atoms with E-state index in [4.69, 9.17) is 9.15 Å². The molecule has 22 heavy (non-hydrogen) atoms. The van der Waals surface area contributed by atoms with Crippen LogP contribution in [0.25, 0.3) is 0 Å². The fourth-order valence-electron chi connectivity index (χ4n) is 1.78. The topological polar surface area (TPSA) is 68.5 Å². The highest BCUT2D eigenvalue weighted by Crippen LogP contribution is 2.12. The molecule has 1 aromatic heterocycles. The molecule has 5 nitrogen and oxygen atoms in total. The molecule has 0 unspecified atom stereocenters. The van der Waals surface area contributed by atoms with Crippen LogP contribution in [0.5, 0.6) is 0 Å². The minimum Gasteiger partial charge on any atom is -0.467 e. The molecule has 7 heteroatoms. The first kappa shape index (κ1) is 15.7. The van der Waals surface area contributed by atoms with E-state index in [2.05, 4.69) is 5.32 Å². The number of carbonyl (C=O) groups is 2. The van der Waals surface area contributed by atoms with Gasteiger partial charge in [-0.05, 0) is 31.2 Å². The van der Waals surface area contributed by atoms with Crippen LogP contribution in [0.3, 0.4) is 0 Å². The van der Waals surface area contributed by atoms with Crippen LogP contribution < -0.4 is 5.32 Å². The van der Waals surface area contributed by atoms with Crippen LogP contribution >= 0.6 is 0 Å².